The number of hydrogen-bond donors (Lipinski definition) is 0. The Balaban J connectivity index is 0.992. The first-order valence-corrected chi connectivity index (χ1v) is 23.2. The molecule has 4 aliphatic rings. The van der Waals surface area contributed by atoms with Gasteiger partial charge in [-0.2, -0.15) is 11.8 Å². The third-order valence-corrected chi connectivity index (χ3v) is 14.4. The lowest BCUT2D eigenvalue weighted by Crippen LogP contribution is -2.37. The van der Waals surface area contributed by atoms with Gasteiger partial charge in [0.15, 0.2) is 11.5 Å². The summed E-state index contributed by atoms with van der Waals surface area (Å²) in [6.45, 7) is 9.29. The number of methoxy groups -OCH3 is 2. The number of hydrogen-bond acceptors (Lipinski definition) is 9. The van der Waals surface area contributed by atoms with Crippen molar-refractivity contribution >= 4 is 52.5 Å². The number of fused-ring (bicyclic) bond motifs is 8. The van der Waals surface area contributed by atoms with Gasteiger partial charge in [0.2, 0.25) is 0 Å². The second kappa shape index (κ2) is 17.8. The topological polar surface area (TPSA) is 93.1 Å². The zero-order valence-corrected chi connectivity index (χ0v) is 37.9. The largest absolute Gasteiger partial charge is 0.493 e. The first-order valence-electron chi connectivity index (χ1n) is 21.9. The zero-order chi connectivity index (χ0) is 43.8. The lowest BCUT2D eigenvalue weighted by Gasteiger charge is -2.30. The fourth-order valence-corrected chi connectivity index (χ4v) is 9.69. The minimum absolute atomic E-state index is 0.0703. The molecule has 0 unspecified atom stereocenters. The van der Waals surface area contributed by atoms with E-state index >= 15 is 0 Å². The summed E-state index contributed by atoms with van der Waals surface area (Å²) >= 11 is 1.87. The molecule has 0 radical (unpaired) electrons. The molecule has 11 heteroatoms. The molecule has 0 saturated carbocycles. The van der Waals surface area contributed by atoms with Crippen molar-refractivity contribution in [1.29, 1.82) is 0 Å². The minimum atomic E-state index is -0.156. The Morgan fingerprint density at radius 1 is 0.762 bits per heavy atom. The SMILES string of the molecule is COCCN(CCC(C)(C)SC)c1cc(COc2cc3c(cc2C)C(=O)N2c4ccccc4C[C@H]2CC3)cc(COc2cc3c(cc2OC)C(=O)N2c4ccccc4C[C@H]2C=N3)c1. The number of amides is 2. The molecule has 10 nitrogen and oxygen atoms in total. The number of aryl methyl sites for hydroxylation is 2. The van der Waals surface area contributed by atoms with Gasteiger partial charge in [-0.15, -0.1) is 0 Å². The van der Waals surface area contributed by atoms with Crippen LogP contribution in [-0.2, 0) is 37.2 Å². The van der Waals surface area contributed by atoms with Gasteiger partial charge in [0, 0.05) is 72.3 Å². The Kier molecular flexibility index (Phi) is 12.0. The van der Waals surface area contributed by atoms with E-state index in [2.05, 4.69) is 73.5 Å². The number of carbonyl (C=O) groups is 2. The number of ether oxygens (including phenoxy) is 4. The molecule has 5 aromatic rings. The number of benzene rings is 5. The Hall–Kier alpha value is -5.78. The van der Waals surface area contributed by atoms with Gasteiger partial charge in [-0.25, -0.2) is 0 Å². The molecule has 0 aromatic heterocycles. The van der Waals surface area contributed by atoms with Gasteiger partial charge in [-0.1, -0.05) is 50.2 Å². The molecule has 0 aliphatic carbocycles. The van der Waals surface area contributed by atoms with Crippen LogP contribution >= 0.6 is 11.8 Å². The van der Waals surface area contributed by atoms with Crippen molar-refractivity contribution < 1.29 is 28.5 Å². The fraction of sp³-hybridized carbons (Fsp3) is 0.365. The molecule has 0 saturated heterocycles. The van der Waals surface area contributed by atoms with Crippen molar-refractivity contribution in [2.45, 2.75) is 82.9 Å². The molecule has 0 bridgehead atoms. The second-order valence-electron chi connectivity index (χ2n) is 17.6. The molecule has 0 N–H and O–H groups in total. The van der Waals surface area contributed by atoms with Crippen LogP contribution in [0.15, 0.2) is 96.0 Å². The average molecular weight is 865 g/mol. The molecule has 63 heavy (non-hydrogen) atoms. The molecule has 0 fully saturated rings. The molecule has 5 aromatic carbocycles. The normalized spacial score (nSPS) is 17.2. The fourth-order valence-electron chi connectivity index (χ4n) is 9.39. The molecular formula is C52H56N4O6S. The summed E-state index contributed by atoms with van der Waals surface area (Å²) < 4.78 is 24.8. The number of nitrogens with zero attached hydrogens (tertiary/aromatic N) is 4. The van der Waals surface area contributed by atoms with Crippen molar-refractivity contribution in [2.75, 3.05) is 54.9 Å². The summed E-state index contributed by atoms with van der Waals surface area (Å²) in [5.41, 5.74) is 11.1. The van der Waals surface area contributed by atoms with Crippen molar-refractivity contribution in [2.24, 2.45) is 4.99 Å². The van der Waals surface area contributed by atoms with Gasteiger partial charge >= 0.3 is 0 Å². The first-order chi connectivity index (χ1) is 30.5. The lowest BCUT2D eigenvalue weighted by molar-refractivity contribution is 0.0975. The highest BCUT2D eigenvalue weighted by atomic mass is 32.2. The Bertz CT molecular complexity index is 2590. The highest BCUT2D eigenvalue weighted by Crippen LogP contribution is 2.42. The van der Waals surface area contributed by atoms with Crippen molar-refractivity contribution in [3.63, 3.8) is 0 Å². The first kappa shape index (κ1) is 42.5. The van der Waals surface area contributed by atoms with E-state index in [0.717, 1.165) is 101 Å². The van der Waals surface area contributed by atoms with E-state index in [1.807, 2.05) is 71.1 Å². The van der Waals surface area contributed by atoms with E-state index in [9.17, 15) is 9.59 Å². The van der Waals surface area contributed by atoms with Crippen molar-refractivity contribution in [1.82, 2.24) is 0 Å². The van der Waals surface area contributed by atoms with Gasteiger partial charge in [0.05, 0.1) is 31.0 Å². The standard InChI is InChI=1S/C52H56N4O6S/c1-33-21-42-36(15-16-39-25-37-11-7-9-13-45(37)55(39)50(42)57)27-47(33)61-31-34-22-35(24-40(23-34)54(19-20-59-4)18-17-52(2,3)63-6)32-62-49-29-44-43(28-48(49)60-5)51(58)56-41(30-53-44)26-38-12-8-10-14-46(38)56/h7-14,21-24,27-30,39,41H,15-20,25-26,31-32H2,1-6H3/t39-,41+/m1/s1. The number of aliphatic imine (C=N–C) groups is 1. The van der Waals surface area contributed by atoms with Crippen LogP contribution in [0.1, 0.15) is 80.8 Å². The highest BCUT2D eigenvalue weighted by molar-refractivity contribution is 7.99. The maximum absolute atomic E-state index is 14.1. The van der Waals surface area contributed by atoms with E-state index in [1.54, 1.807) is 20.3 Å². The number of carbonyl (C=O) groups excluding carboxylic acids is 2. The Morgan fingerprint density at radius 3 is 2.16 bits per heavy atom. The van der Waals surface area contributed by atoms with Crippen LogP contribution in [0.3, 0.4) is 0 Å². The number of rotatable bonds is 15. The predicted molar refractivity (Wildman–Crippen MR) is 254 cm³/mol. The summed E-state index contributed by atoms with van der Waals surface area (Å²) in [6, 6.07) is 30.5. The predicted octanol–water partition coefficient (Wildman–Crippen LogP) is 9.95. The molecule has 9 rings (SSSR count). The van der Waals surface area contributed by atoms with Crippen molar-refractivity contribution in [3.05, 3.63) is 136 Å². The molecule has 2 amide bonds. The maximum atomic E-state index is 14.1. The third kappa shape index (κ3) is 8.53. The maximum Gasteiger partial charge on any atom is 0.261 e. The minimum Gasteiger partial charge on any atom is -0.493 e. The van der Waals surface area contributed by atoms with Crippen LogP contribution in [0.4, 0.5) is 22.7 Å². The van der Waals surface area contributed by atoms with E-state index in [1.165, 1.54) is 5.56 Å². The molecule has 4 heterocycles. The number of para-hydroxylation sites is 2. The summed E-state index contributed by atoms with van der Waals surface area (Å²) in [5, 5.41) is 0. The van der Waals surface area contributed by atoms with Crippen LogP contribution in [0.5, 0.6) is 17.2 Å². The third-order valence-electron chi connectivity index (χ3n) is 13.1. The summed E-state index contributed by atoms with van der Waals surface area (Å²) in [6.07, 6.45) is 8.33. The van der Waals surface area contributed by atoms with E-state index < -0.39 is 0 Å². The molecule has 0 spiro atoms. The summed E-state index contributed by atoms with van der Waals surface area (Å²) in [5.74, 6) is 1.71. The van der Waals surface area contributed by atoms with E-state index in [-0.39, 0.29) is 35.3 Å². The molecule has 326 valence electrons. The van der Waals surface area contributed by atoms with Gasteiger partial charge in [-0.05, 0) is 121 Å². The van der Waals surface area contributed by atoms with Gasteiger partial charge in [0.1, 0.15) is 19.0 Å². The van der Waals surface area contributed by atoms with Crippen LogP contribution in [0.2, 0.25) is 0 Å². The Morgan fingerprint density at radius 2 is 1.44 bits per heavy atom. The second-order valence-corrected chi connectivity index (χ2v) is 19.1. The summed E-state index contributed by atoms with van der Waals surface area (Å²) in [7, 11) is 3.33. The van der Waals surface area contributed by atoms with Crippen LogP contribution in [-0.4, -0.2) is 75.0 Å². The number of thioether (sulfide) groups is 1. The average Bonchev–Trinajstić information content (AvgIpc) is 3.79. The summed E-state index contributed by atoms with van der Waals surface area (Å²) in [4.78, 5) is 39.2. The van der Waals surface area contributed by atoms with Gasteiger partial charge < -0.3 is 28.7 Å². The van der Waals surface area contributed by atoms with Crippen molar-refractivity contribution in [3.8, 4) is 17.2 Å². The lowest BCUT2D eigenvalue weighted by atomic mass is 9.98. The quantitative estimate of drug-likeness (QED) is 0.103. The van der Waals surface area contributed by atoms with E-state index in [4.69, 9.17) is 23.9 Å². The Labute approximate surface area is 375 Å². The highest BCUT2D eigenvalue weighted by Gasteiger charge is 2.38. The van der Waals surface area contributed by atoms with Gasteiger partial charge in [0.25, 0.3) is 11.8 Å². The monoisotopic (exact) mass is 864 g/mol. The van der Waals surface area contributed by atoms with E-state index in [0.29, 0.717) is 36.0 Å². The zero-order valence-electron chi connectivity index (χ0n) is 37.1. The van der Waals surface area contributed by atoms with Gasteiger partial charge in [-0.3, -0.25) is 19.5 Å². The number of anilines is 3. The van der Waals surface area contributed by atoms with Crippen LogP contribution in [0, 0.1) is 6.92 Å². The molecular weight excluding hydrogens is 809 g/mol. The molecule has 4 aliphatic heterocycles. The van der Waals surface area contributed by atoms with Crippen LogP contribution in [0.25, 0.3) is 0 Å². The molecule has 2 atom stereocenters. The van der Waals surface area contributed by atoms with Crippen LogP contribution < -0.4 is 28.9 Å². The smallest absolute Gasteiger partial charge is 0.261 e.